The zero-order valence-electron chi connectivity index (χ0n) is 8.86. The van der Waals surface area contributed by atoms with Crippen LogP contribution in [-0.2, 0) is 0 Å². The molecule has 1 aliphatic heterocycles. The number of hydrogen-bond acceptors (Lipinski definition) is 3. The highest BCUT2D eigenvalue weighted by Gasteiger charge is 2.21. The van der Waals surface area contributed by atoms with Crippen molar-refractivity contribution in [1.29, 1.82) is 0 Å². The van der Waals surface area contributed by atoms with Crippen LogP contribution in [0.15, 0.2) is 22.8 Å². The molecule has 0 aromatic carbocycles. The third-order valence-electron chi connectivity index (χ3n) is 3.11. The van der Waals surface area contributed by atoms with Gasteiger partial charge >= 0.3 is 0 Å². The van der Waals surface area contributed by atoms with Crippen molar-refractivity contribution < 1.29 is 0 Å². The van der Waals surface area contributed by atoms with E-state index in [0.29, 0.717) is 5.92 Å². The minimum absolute atomic E-state index is 0.523. The van der Waals surface area contributed by atoms with Crippen LogP contribution in [0.5, 0.6) is 0 Å². The van der Waals surface area contributed by atoms with Crippen LogP contribution >= 0.6 is 15.9 Å². The lowest BCUT2D eigenvalue weighted by Crippen LogP contribution is -2.27. The van der Waals surface area contributed by atoms with E-state index in [1.165, 1.54) is 0 Å². The zero-order valence-corrected chi connectivity index (χ0v) is 10.4. The third-order valence-corrected chi connectivity index (χ3v) is 3.73. The Labute approximate surface area is 102 Å². The van der Waals surface area contributed by atoms with Crippen molar-refractivity contribution in [2.24, 2.45) is 0 Å². The predicted octanol–water partition coefficient (Wildman–Crippen LogP) is 1.96. The number of rotatable bonds is 1. The van der Waals surface area contributed by atoms with Gasteiger partial charge in [-0.25, -0.2) is 0 Å². The highest BCUT2D eigenvalue weighted by atomic mass is 79.9. The Morgan fingerprint density at radius 3 is 2.88 bits per heavy atom. The van der Waals surface area contributed by atoms with Crippen LogP contribution in [0.25, 0.3) is 5.65 Å². The SMILES string of the molecule is Brc1cccc2nnc(C3CCNCC3)n12. The maximum atomic E-state index is 4.34. The van der Waals surface area contributed by atoms with E-state index in [9.17, 15) is 0 Å². The zero-order chi connectivity index (χ0) is 11.0. The highest BCUT2D eigenvalue weighted by molar-refractivity contribution is 9.10. The summed E-state index contributed by atoms with van der Waals surface area (Å²) in [6, 6.07) is 6.00. The predicted molar refractivity (Wildman–Crippen MR) is 65.5 cm³/mol. The molecule has 1 N–H and O–H groups in total. The van der Waals surface area contributed by atoms with Gasteiger partial charge in [-0.3, -0.25) is 4.40 Å². The number of piperidine rings is 1. The molecule has 5 heteroatoms. The van der Waals surface area contributed by atoms with Crippen LogP contribution in [0, 0.1) is 0 Å². The number of fused-ring (bicyclic) bond motifs is 1. The second-order valence-electron chi connectivity index (χ2n) is 4.12. The molecule has 16 heavy (non-hydrogen) atoms. The van der Waals surface area contributed by atoms with Crippen LogP contribution in [-0.4, -0.2) is 27.7 Å². The van der Waals surface area contributed by atoms with Gasteiger partial charge in [0.15, 0.2) is 5.65 Å². The molecule has 84 valence electrons. The van der Waals surface area contributed by atoms with E-state index < -0.39 is 0 Å². The highest BCUT2D eigenvalue weighted by Crippen LogP contribution is 2.26. The largest absolute Gasteiger partial charge is 0.317 e. The van der Waals surface area contributed by atoms with Crippen LogP contribution < -0.4 is 5.32 Å². The van der Waals surface area contributed by atoms with Crippen molar-refractivity contribution in [2.75, 3.05) is 13.1 Å². The number of pyridine rings is 1. The Morgan fingerprint density at radius 2 is 2.06 bits per heavy atom. The quantitative estimate of drug-likeness (QED) is 0.812. The first-order valence-electron chi connectivity index (χ1n) is 5.56. The van der Waals surface area contributed by atoms with Crippen LogP contribution in [0.4, 0.5) is 0 Å². The number of aromatic nitrogens is 3. The average molecular weight is 281 g/mol. The molecule has 0 atom stereocenters. The molecular formula is C11H13BrN4. The van der Waals surface area contributed by atoms with Gasteiger partial charge in [0, 0.05) is 5.92 Å². The molecule has 0 bridgehead atoms. The lowest BCUT2D eigenvalue weighted by Gasteiger charge is -2.21. The lowest BCUT2D eigenvalue weighted by molar-refractivity contribution is 0.442. The Kier molecular flexibility index (Phi) is 2.65. The lowest BCUT2D eigenvalue weighted by atomic mass is 9.97. The molecule has 1 fully saturated rings. The summed E-state index contributed by atoms with van der Waals surface area (Å²) < 4.78 is 3.14. The van der Waals surface area contributed by atoms with E-state index >= 15 is 0 Å². The molecule has 0 aliphatic carbocycles. The average Bonchev–Trinajstić information content (AvgIpc) is 2.75. The fourth-order valence-corrected chi connectivity index (χ4v) is 2.78. The number of halogens is 1. The molecule has 2 aromatic heterocycles. The minimum Gasteiger partial charge on any atom is -0.317 e. The normalized spacial score (nSPS) is 18.1. The maximum Gasteiger partial charge on any atom is 0.161 e. The van der Waals surface area contributed by atoms with Gasteiger partial charge in [-0.15, -0.1) is 10.2 Å². The fourth-order valence-electron chi connectivity index (χ4n) is 2.27. The smallest absolute Gasteiger partial charge is 0.161 e. The first kappa shape index (κ1) is 10.2. The molecule has 0 spiro atoms. The van der Waals surface area contributed by atoms with Crippen molar-refractivity contribution in [2.45, 2.75) is 18.8 Å². The summed E-state index contributed by atoms with van der Waals surface area (Å²) in [7, 11) is 0. The summed E-state index contributed by atoms with van der Waals surface area (Å²) in [6.07, 6.45) is 2.28. The van der Waals surface area contributed by atoms with Gasteiger partial charge in [0.25, 0.3) is 0 Å². The molecule has 0 radical (unpaired) electrons. The van der Waals surface area contributed by atoms with Crippen LogP contribution in [0.2, 0.25) is 0 Å². The molecule has 1 saturated heterocycles. The van der Waals surface area contributed by atoms with E-state index in [1.807, 2.05) is 18.2 Å². The Morgan fingerprint density at radius 1 is 1.25 bits per heavy atom. The van der Waals surface area contributed by atoms with Gasteiger partial charge in [0.05, 0.1) is 4.60 Å². The Hall–Kier alpha value is -0.940. The van der Waals surface area contributed by atoms with Crippen LogP contribution in [0.1, 0.15) is 24.6 Å². The molecule has 1 aliphatic rings. The summed E-state index contributed by atoms with van der Waals surface area (Å²) in [5.74, 6) is 1.61. The van der Waals surface area contributed by atoms with Gasteiger partial charge in [0.1, 0.15) is 5.82 Å². The van der Waals surface area contributed by atoms with E-state index in [0.717, 1.165) is 42.0 Å². The van der Waals surface area contributed by atoms with Gasteiger partial charge in [-0.1, -0.05) is 6.07 Å². The van der Waals surface area contributed by atoms with Crippen molar-refractivity contribution in [3.63, 3.8) is 0 Å². The first-order valence-corrected chi connectivity index (χ1v) is 6.36. The monoisotopic (exact) mass is 280 g/mol. The van der Waals surface area contributed by atoms with Gasteiger partial charge in [0.2, 0.25) is 0 Å². The molecule has 0 saturated carbocycles. The minimum atomic E-state index is 0.523. The second-order valence-corrected chi connectivity index (χ2v) is 4.94. The van der Waals surface area contributed by atoms with E-state index in [4.69, 9.17) is 0 Å². The third kappa shape index (κ3) is 1.64. The second kappa shape index (κ2) is 4.14. The standard InChI is InChI=1S/C11H13BrN4/c12-9-2-1-3-10-14-15-11(16(9)10)8-4-6-13-7-5-8/h1-3,8,13H,4-7H2. The van der Waals surface area contributed by atoms with Crippen molar-refractivity contribution in [3.8, 4) is 0 Å². The summed E-state index contributed by atoms with van der Waals surface area (Å²) in [5, 5.41) is 11.9. The number of hydrogen-bond donors (Lipinski definition) is 1. The fraction of sp³-hybridized carbons (Fsp3) is 0.455. The molecule has 0 amide bonds. The first-order chi connectivity index (χ1) is 7.86. The van der Waals surface area contributed by atoms with E-state index in [1.54, 1.807) is 0 Å². The Balaban J connectivity index is 2.09. The van der Waals surface area contributed by atoms with E-state index in [-0.39, 0.29) is 0 Å². The van der Waals surface area contributed by atoms with Gasteiger partial charge in [-0.2, -0.15) is 0 Å². The maximum absolute atomic E-state index is 4.34. The molecule has 3 rings (SSSR count). The van der Waals surface area contributed by atoms with Crippen molar-refractivity contribution >= 4 is 21.6 Å². The summed E-state index contributed by atoms with van der Waals surface area (Å²) in [5.41, 5.74) is 0.919. The molecule has 2 aromatic rings. The molecule has 0 unspecified atom stereocenters. The number of nitrogens with zero attached hydrogens (tertiary/aromatic N) is 3. The molecule has 3 heterocycles. The Bertz CT molecular complexity index is 502. The topological polar surface area (TPSA) is 42.2 Å². The number of nitrogens with one attached hydrogen (secondary N) is 1. The summed E-state index contributed by atoms with van der Waals surface area (Å²) >= 11 is 3.56. The molecular weight excluding hydrogens is 268 g/mol. The van der Waals surface area contributed by atoms with Gasteiger partial charge in [-0.05, 0) is 54.0 Å². The summed E-state index contributed by atoms with van der Waals surface area (Å²) in [6.45, 7) is 2.15. The van der Waals surface area contributed by atoms with Crippen molar-refractivity contribution in [1.82, 2.24) is 19.9 Å². The molecule has 4 nitrogen and oxygen atoms in total. The van der Waals surface area contributed by atoms with Crippen molar-refractivity contribution in [3.05, 3.63) is 28.6 Å². The van der Waals surface area contributed by atoms with E-state index in [2.05, 4.69) is 35.8 Å². The summed E-state index contributed by atoms with van der Waals surface area (Å²) in [4.78, 5) is 0. The van der Waals surface area contributed by atoms with Crippen LogP contribution in [0.3, 0.4) is 0 Å². The van der Waals surface area contributed by atoms with Gasteiger partial charge < -0.3 is 5.32 Å².